The summed E-state index contributed by atoms with van der Waals surface area (Å²) < 4.78 is 1.07. The highest BCUT2D eigenvalue weighted by Gasteiger charge is 2.22. The van der Waals surface area contributed by atoms with Gasteiger partial charge in [0.1, 0.15) is 0 Å². The Morgan fingerprint density at radius 3 is 2.23 bits per heavy atom. The molecule has 0 rings (SSSR count). The average Bonchev–Trinajstić information content (AvgIpc) is 1.98. The van der Waals surface area contributed by atoms with Crippen molar-refractivity contribution in [3.63, 3.8) is 0 Å². The van der Waals surface area contributed by atoms with Gasteiger partial charge in [0.2, 0.25) is 0 Å². The molecule has 0 aliphatic rings. The van der Waals surface area contributed by atoms with Crippen molar-refractivity contribution in [1.82, 2.24) is 0 Å². The topological polar surface area (TPSA) is 20.2 Å². The molecule has 0 aliphatic heterocycles. The normalized spacial score (nSPS) is 16.8. The first kappa shape index (κ1) is 13.4. The van der Waals surface area contributed by atoms with E-state index in [1.54, 1.807) is 11.8 Å². The standard InChI is InChI=1S/C10H20OS2/c1-6-8(11)7(2)9(12)13-10(3,4)5/h7-8,11H,6H2,1-5H3/t7-,8+/m0/s1. The van der Waals surface area contributed by atoms with Crippen LogP contribution in [0.5, 0.6) is 0 Å². The smallest absolute Gasteiger partial charge is 0.0616 e. The fraction of sp³-hybridized carbons (Fsp3) is 0.900. The van der Waals surface area contributed by atoms with Crippen molar-refractivity contribution in [1.29, 1.82) is 0 Å². The monoisotopic (exact) mass is 220 g/mol. The van der Waals surface area contributed by atoms with Crippen LogP contribution in [-0.4, -0.2) is 20.2 Å². The quantitative estimate of drug-likeness (QED) is 0.737. The molecule has 1 N–H and O–H groups in total. The molecule has 0 amide bonds. The number of hydrogen-bond donors (Lipinski definition) is 1. The van der Waals surface area contributed by atoms with Crippen LogP contribution in [-0.2, 0) is 0 Å². The molecular weight excluding hydrogens is 200 g/mol. The van der Waals surface area contributed by atoms with Gasteiger partial charge in [-0.2, -0.15) is 0 Å². The summed E-state index contributed by atoms with van der Waals surface area (Å²) in [5.41, 5.74) is 0. The predicted molar refractivity (Wildman–Crippen MR) is 65.4 cm³/mol. The Balaban J connectivity index is 4.12. The van der Waals surface area contributed by atoms with Gasteiger partial charge in [-0.3, -0.25) is 0 Å². The highest BCUT2D eigenvalue weighted by atomic mass is 32.2. The lowest BCUT2D eigenvalue weighted by atomic mass is 10.1. The van der Waals surface area contributed by atoms with E-state index in [4.69, 9.17) is 12.2 Å². The minimum atomic E-state index is -0.289. The van der Waals surface area contributed by atoms with Crippen LogP contribution in [0, 0.1) is 5.92 Å². The largest absolute Gasteiger partial charge is 0.392 e. The maximum absolute atomic E-state index is 9.59. The molecule has 2 atom stereocenters. The van der Waals surface area contributed by atoms with Gasteiger partial charge in [0.05, 0.1) is 10.3 Å². The minimum Gasteiger partial charge on any atom is -0.392 e. The fourth-order valence-corrected chi connectivity index (χ4v) is 2.76. The van der Waals surface area contributed by atoms with Crippen molar-refractivity contribution in [2.45, 2.75) is 51.9 Å². The second-order valence-corrected chi connectivity index (χ2v) is 6.86. The molecule has 3 heteroatoms. The Hall–Kier alpha value is 0.400. The first-order valence-electron chi connectivity index (χ1n) is 4.69. The third-order valence-corrected chi connectivity index (χ3v) is 3.58. The summed E-state index contributed by atoms with van der Waals surface area (Å²) in [6.07, 6.45) is 0.480. The highest BCUT2D eigenvalue weighted by Crippen LogP contribution is 2.29. The van der Waals surface area contributed by atoms with Crippen LogP contribution in [0.4, 0.5) is 0 Å². The van der Waals surface area contributed by atoms with E-state index in [2.05, 4.69) is 20.8 Å². The van der Waals surface area contributed by atoms with Crippen molar-refractivity contribution in [2.75, 3.05) is 0 Å². The van der Waals surface area contributed by atoms with Gasteiger partial charge in [-0.1, -0.05) is 46.8 Å². The van der Waals surface area contributed by atoms with E-state index in [1.807, 2.05) is 13.8 Å². The Kier molecular flexibility index (Phi) is 5.49. The van der Waals surface area contributed by atoms with Gasteiger partial charge in [0.25, 0.3) is 0 Å². The summed E-state index contributed by atoms with van der Waals surface area (Å²) in [7, 11) is 0. The van der Waals surface area contributed by atoms with Crippen LogP contribution < -0.4 is 0 Å². The van der Waals surface area contributed by atoms with Crippen molar-refractivity contribution in [3.8, 4) is 0 Å². The Morgan fingerprint density at radius 2 is 1.92 bits per heavy atom. The van der Waals surface area contributed by atoms with Gasteiger partial charge < -0.3 is 5.11 Å². The minimum absolute atomic E-state index is 0.115. The Labute approximate surface area is 91.3 Å². The SMILES string of the molecule is CC[C@@H](O)[C@H](C)C(=S)SC(C)(C)C. The van der Waals surface area contributed by atoms with E-state index < -0.39 is 0 Å². The van der Waals surface area contributed by atoms with E-state index in [9.17, 15) is 5.11 Å². The summed E-state index contributed by atoms with van der Waals surface area (Å²) in [5.74, 6) is 0.115. The zero-order valence-corrected chi connectivity index (χ0v) is 10.8. The third-order valence-electron chi connectivity index (χ3n) is 1.77. The van der Waals surface area contributed by atoms with E-state index in [1.165, 1.54) is 0 Å². The third kappa shape index (κ3) is 5.66. The van der Waals surface area contributed by atoms with Gasteiger partial charge >= 0.3 is 0 Å². The number of hydrogen-bond acceptors (Lipinski definition) is 3. The second-order valence-electron chi connectivity index (χ2n) is 4.30. The molecule has 0 aromatic rings. The molecule has 0 radical (unpaired) electrons. The lowest BCUT2D eigenvalue weighted by Crippen LogP contribution is -2.24. The van der Waals surface area contributed by atoms with Crippen LogP contribution in [0.1, 0.15) is 41.0 Å². The van der Waals surface area contributed by atoms with E-state index in [0.717, 1.165) is 10.6 Å². The predicted octanol–water partition coefficient (Wildman–Crippen LogP) is 3.25. The molecule has 0 aromatic heterocycles. The molecule has 78 valence electrons. The molecule has 0 aliphatic carbocycles. The molecule has 0 heterocycles. The summed E-state index contributed by atoms with van der Waals surface area (Å²) in [5, 5.41) is 9.59. The summed E-state index contributed by atoms with van der Waals surface area (Å²) in [4.78, 5) is 0. The zero-order valence-electron chi connectivity index (χ0n) is 9.13. The van der Waals surface area contributed by atoms with Gasteiger partial charge in [-0.15, -0.1) is 11.8 Å². The van der Waals surface area contributed by atoms with Crippen molar-refractivity contribution in [2.24, 2.45) is 5.92 Å². The van der Waals surface area contributed by atoms with Crippen LogP contribution in [0.2, 0.25) is 0 Å². The van der Waals surface area contributed by atoms with Gasteiger partial charge in [0.15, 0.2) is 0 Å². The van der Waals surface area contributed by atoms with Gasteiger partial charge in [-0.25, -0.2) is 0 Å². The average molecular weight is 220 g/mol. The molecule has 0 aromatic carbocycles. The van der Waals surface area contributed by atoms with E-state index in [-0.39, 0.29) is 16.8 Å². The second kappa shape index (κ2) is 5.32. The zero-order chi connectivity index (χ0) is 10.6. The maximum atomic E-state index is 9.59. The Bertz CT molecular complexity index is 172. The van der Waals surface area contributed by atoms with E-state index in [0.29, 0.717) is 0 Å². The van der Waals surface area contributed by atoms with Crippen LogP contribution in [0.25, 0.3) is 0 Å². The molecule has 0 saturated heterocycles. The first-order chi connectivity index (χ1) is 5.78. The van der Waals surface area contributed by atoms with Gasteiger partial charge in [-0.05, 0) is 6.42 Å². The number of thioether (sulfide) groups is 1. The lowest BCUT2D eigenvalue weighted by Gasteiger charge is -2.24. The van der Waals surface area contributed by atoms with Crippen molar-refractivity contribution in [3.05, 3.63) is 0 Å². The molecule has 0 unspecified atom stereocenters. The maximum Gasteiger partial charge on any atom is 0.0616 e. The van der Waals surface area contributed by atoms with Crippen LogP contribution >= 0.6 is 24.0 Å². The first-order valence-corrected chi connectivity index (χ1v) is 5.91. The van der Waals surface area contributed by atoms with Gasteiger partial charge in [0, 0.05) is 10.7 Å². The molecule has 1 nitrogen and oxygen atoms in total. The molecule has 0 fully saturated rings. The summed E-state index contributed by atoms with van der Waals surface area (Å²) in [6.45, 7) is 10.4. The molecule has 0 spiro atoms. The number of thiocarbonyl (C=S) groups is 1. The van der Waals surface area contributed by atoms with E-state index >= 15 is 0 Å². The highest BCUT2D eigenvalue weighted by molar-refractivity contribution is 8.23. The summed E-state index contributed by atoms with van der Waals surface area (Å²) >= 11 is 6.95. The van der Waals surface area contributed by atoms with Crippen LogP contribution in [0.15, 0.2) is 0 Å². The molecular formula is C10H20OS2. The number of rotatable bonds is 3. The molecule has 0 saturated carbocycles. The van der Waals surface area contributed by atoms with Crippen molar-refractivity contribution < 1.29 is 5.11 Å². The number of aliphatic hydroxyl groups is 1. The van der Waals surface area contributed by atoms with Crippen molar-refractivity contribution >= 4 is 28.2 Å². The number of aliphatic hydroxyl groups excluding tert-OH is 1. The Morgan fingerprint density at radius 1 is 1.46 bits per heavy atom. The summed E-state index contributed by atoms with van der Waals surface area (Å²) in [6, 6.07) is 0. The van der Waals surface area contributed by atoms with Crippen LogP contribution in [0.3, 0.4) is 0 Å². The lowest BCUT2D eigenvalue weighted by molar-refractivity contribution is 0.143. The molecule has 0 bridgehead atoms. The molecule has 13 heavy (non-hydrogen) atoms. The fourth-order valence-electron chi connectivity index (χ4n) is 0.905.